The van der Waals surface area contributed by atoms with Gasteiger partial charge in [-0.25, -0.2) is 12.7 Å². The van der Waals surface area contributed by atoms with Crippen molar-refractivity contribution in [3.05, 3.63) is 28.7 Å². The van der Waals surface area contributed by atoms with E-state index in [-0.39, 0.29) is 10.8 Å². The number of nitrogens with one attached hydrogen (secondary N) is 1. The molecule has 1 aliphatic rings. The molecular formula is C12H18N2O4S. The molecule has 1 unspecified atom stereocenters. The van der Waals surface area contributed by atoms with Crippen LogP contribution in [0.3, 0.4) is 0 Å². The maximum absolute atomic E-state index is 12.3. The van der Waals surface area contributed by atoms with Gasteiger partial charge in [-0.2, -0.15) is 0 Å². The van der Waals surface area contributed by atoms with Gasteiger partial charge < -0.3 is 9.72 Å². The van der Waals surface area contributed by atoms with E-state index in [4.69, 9.17) is 4.74 Å². The Balaban J connectivity index is 2.15. The van der Waals surface area contributed by atoms with Gasteiger partial charge in [0, 0.05) is 38.7 Å². The fourth-order valence-corrected chi connectivity index (χ4v) is 3.47. The molecule has 1 aromatic rings. The molecule has 0 saturated carbocycles. The fraction of sp³-hybridized carbons (Fsp3) is 0.583. The van der Waals surface area contributed by atoms with E-state index in [0.29, 0.717) is 13.2 Å². The first-order valence-corrected chi connectivity index (χ1v) is 7.67. The molecular weight excluding hydrogens is 268 g/mol. The Hall–Kier alpha value is -1.18. The van der Waals surface area contributed by atoms with Crippen LogP contribution in [0, 0.1) is 5.92 Å². The molecule has 0 aromatic carbocycles. The lowest BCUT2D eigenvalue weighted by Gasteiger charge is -2.26. The average molecular weight is 286 g/mol. The summed E-state index contributed by atoms with van der Waals surface area (Å²) in [6, 6.07) is 1.21. The largest absolute Gasteiger partial charge is 0.381 e. The highest BCUT2D eigenvalue weighted by atomic mass is 32.2. The second-order valence-electron chi connectivity index (χ2n) is 4.74. The van der Waals surface area contributed by atoms with Crippen molar-refractivity contribution in [3.8, 4) is 0 Å². The van der Waals surface area contributed by atoms with Crippen LogP contribution in [0.25, 0.3) is 0 Å². The van der Waals surface area contributed by atoms with Crippen LogP contribution in [0.1, 0.15) is 12.8 Å². The Labute approximate surface area is 112 Å². The standard InChI is InChI=1S/C12H18N2O4S/c1-14(8-10-3-2-6-18-9-10)19(16,17)12-7-13-5-4-11(12)15/h4-5,7,10H,2-3,6,8-9H2,1H3,(H,13,15). The maximum Gasteiger partial charge on any atom is 0.248 e. The van der Waals surface area contributed by atoms with Crippen LogP contribution in [-0.4, -0.2) is 44.5 Å². The van der Waals surface area contributed by atoms with Crippen LogP contribution in [0.5, 0.6) is 0 Å². The van der Waals surface area contributed by atoms with Gasteiger partial charge in [0.25, 0.3) is 0 Å². The second kappa shape index (κ2) is 5.85. The molecule has 0 bridgehead atoms. The number of hydrogen-bond acceptors (Lipinski definition) is 4. The predicted molar refractivity (Wildman–Crippen MR) is 70.4 cm³/mol. The van der Waals surface area contributed by atoms with Crippen LogP contribution in [0.15, 0.2) is 28.2 Å². The third kappa shape index (κ3) is 3.23. The van der Waals surface area contributed by atoms with E-state index in [1.807, 2.05) is 0 Å². The molecule has 0 amide bonds. The molecule has 1 aromatic heterocycles. The third-order valence-corrected chi connectivity index (χ3v) is 5.09. The van der Waals surface area contributed by atoms with Crippen LogP contribution < -0.4 is 5.43 Å². The average Bonchev–Trinajstić information content (AvgIpc) is 2.40. The summed E-state index contributed by atoms with van der Waals surface area (Å²) in [7, 11) is -2.24. The number of H-pyrrole nitrogens is 1. The van der Waals surface area contributed by atoms with Crippen molar-refractivity contribution in [1.29, 1.82) is 0 Å². The van der Waals surface area contributed by atoms with Gasteiger partial charge in [-0.05, 0) is 18.8 Å². The lowest BCUT2D eigenvalue weighted by molar-refractivity contribution is 0.0495. The van der Waals surface area contributed by atoms with Gasteiger partial charge in [0.05, 0.1) is 6.61 Å². The summed E-state index contributed by atoms with van der Waals surface area (Å²) in [6.07, 6.45) is 4.54. The molecule has 106 valence electrons. The van der Waals surface area contributed by atoms with Gasteiger partial charge in [-0.3, -0.25) is 4.79 Å². The minimum absolute atomic E-state index is 0.191. The fourth-order valence-electron chi connectivity index (χ4n) is 2.18. The number of nitrogens with zero attached hydrogens (tertiary/aromatic N) is 1. The molecule has 2 rings (SSSR count). The molecule has 19 heavy (non-hydrogen) atoms. The highest BCUT2D eigenvalue weighted by Gasteiger charge is 2.26. The van der Waals surface area contributed by atoms with Crippen molar-refractivity contribution in [2.24, 2.45) is 5.92 Å². The van der Waals surface area contributed by atoms with E-state index in [9.17, 15) is 13.2 Å². The van der Waals surface area contributed by atoms with Gasteiger partial charge in [0.15, 0.2) is 0 Å². The van der Waals surface area contributed by atoms with Gasteiger partial charge in [0.1, 0.15) is 4.90 Å². The summed E-state index contributed by atoms with van der Waals surface area (Å²) in [5, 5.41) is 0. The van der Waals surface area contributed by atoms with E-state index in [1.54, 1.807) is 0 Å². The molecule has 6 nitrogen and oxygen atoms in total. The van der Waals surface area contributed by atoms with Gasteiger partial charge in [0.2, 0.25) is 15.5 Å². The van der Waals surface area contributed by atoms with Gasteiger partial charge in [-0.1, -0.05) is 0 Å². The zero-order valence-corrected chi connectivity index (χ0v) is 11.6. The molecule has 1 atom stereocenters. The molecule has 0 radical (unpaired) electrons. The summed E-state index contributed by atoms with van der Waals surface area (Å²) < 4.78 is 31.2. The highest BCUT2D eigenvalue weighted by molar-refractivity contribution is 7.89. The molecule has 1 saturated heterocycles. The first kappa shape index (κ1) is 14.2. The van der Waals surface area contributed by atoms with Crippen molar-refractivity contribution >= 4 is 10.0 Å². The molecule has 1 fully saturated rings. The van der Waals surface area contributed by atoms with E-state index in [2.05, 4.69) is 4.98 Å². The van der Waals surface area contributed by atoms with Crippen LogP contribution in [0.2, 0.25) is 0 Å². The summed E-state index contributed by atoms with van der Waals surface area (Å²) in [5.74, 6) is 0.191. The van der Waals surface area contributed by atoms with Crippen molar-refractivity contribution in [2.45, 2.75) is 17.7 Å². The van der Waals surface area contributed by atoms with Crippen LogP contribution >= 0.6 is 0 Å². The molecule has 7 heteroatoms. The van der Waals surface area contributed by atoms with Gasteiger partial charge in [-0.15, -0.1) is 0 Å². The monoisotopic (exact) mass is 286 g/mol. The van der Waals surface area contributed by atoms with Crippen molar-refractivity contribution in [1.82, 2.24) is 9.29 Å². The predicted octanol–water partition coefficient (Wildman–Crippen LogP) is 0.422. The molecule has 1 N–H and O–H groups in total. The number of sulfonamides is 1. The minimum atomic E-state index is -3.74. The normalized spacial score (nSPS) is 20.6. The molecule has 1 aliphatic heterocycles. The van der Waals surface area contributed by atoms with Crippen molar-refractivity contribution in [3.63, 3.8) is 0 Å². The zero-order valence-electron chi connectivity index (χ0n) is 10.8. The lowest BCUT2D eigenvalue weighted by Crippen LogP contribution is -2.36. The Kier molecular flexibility index (Phi) is 4.38. The molecule has 0 aliphatic carbocycles. The number of rotatable bonds is 4. The van der Waals surface area contributed by atoms with Crippen molar-refractivity contribution < 1.29 is 13.2 Å². The third-order valence-electron chi connectivity index (χ3n) is 3.25. The smallest absolute Gasteiger partial charge is 0.248 e. The summed E-state index contributed by atoms with van der Waals surface area (Å²) in [6.45, 7) is 1.69. The molecule has 0 spiro atoms. The quantitative estimate of drug-likeness (QED) is 0.870. The summed E-state index contributed by atoms with van der Waals surface area (Å²) in [4.78, 5) is 14.0. The van der Waals surface area contributed by atoms with Crippen molar-refractivity contribution in [2.75, 3.05) is 26.8 Å². The zero-order chi connectivity index (χ0) is 13.9. The number of aromatic amines is 1. The minimum Gasteiger partial charge on any atom is -0.381 e. The maximum atomic E-state index is 12.3. The number of hydrogen-bond donors (Lipinski definition) is 1. The van der Waals surface area contributed by atoms with Crippen LogP contribution in [-0.2, 0) is 14.8 Å². The number of ether oxygens (including phenoxy) is 1. The molecule has 2 heterocycles. The topological polar surface area (TPSA) is 79.5 Å². The van der Waals surface area contributed by atoms with Crippen LogP contribution in [0.4, 0.5) is 0 Å². The van der Waals surface area contributed by atoms with E-state index in [0.717, 1.165) is 19.4 Å². The lowest BCUT2D eigenvalue weighted by atomic mass is 10.0. The first-order chi connectivity index (χ1) is 9.01. The first-order valence-electron chi connectivity index (χ1n) is 6.23. The number of aromatic nitrogens is 1. The number of pyridine rings is 1. The Morgan fingerprint density at radius 3 is 2.95 bits per heavy atom. The Bertz CT molecular complexity index is 575. The highest BCUT2D eigenvalue weighted by Crippen LogP contribution is 2.17. The summed E-state index contributed by atoms with van der Waals surface area (Å²) >= 11 is 0. The SMILES string of the molecule is CN(CC1CCCOC1)S(=O)(=O)c1c[nH]ccc1=O. The second-order valence-corrected chi connectivity index (χ2v) is 6.75. The van der Waals surface area contributed by atoms with E-state index < -0.39 is 15.5 Å². The Morgan fingerprint density at radius 2 is 2.32 bits per heavy atom. The van der Waals surface area contributed by atoms with E-state index in [1.165, 1.54) is 29.8 Å². The Morgan fingerprint density at radius 1 is 1.53 bits per heavy atom. The van der Waals surface area contributed by atoms with E-state index >= 15 is 0 Å². The van der Waals surface area contributed by atoms with Gasteiger partial charge >= 0.3 is 0 Å². The summed E-state index contributed by atoms with van der Waals surface area (Å²) in [5.41, 5.74) is -0.495.